The van der Waals surface area contributed by atoms with E-state index in [1.807, 2.05) is 20.8 Å². The van der Waals surface area contributed by atoms with E-state index in [1.54, 1.807) is 41.6 Å². The van der Waals surface area contributed by atoms with E-state index in [-0.39, 0.29) is 12.1 Å². The number of aromatic nitrogens is 2. The third-order valence-corrected chi connectivity index (χ3v) is 4.34. The number of rotatable bonds is 3. The predicted molar refractivity (Wildman–Crippen MR) is 101 cm³/mol. The molecule has 7 heteroatoms. The second-order valence-electron chi connectivity index (χ2n) is 7.60. The SMILES string of the molecule is CC(C)(C)OC(=O)N1CCCC1c1cncc(-c2ccc(C(N)=O)cc2)n1. The van der Waals surface area contributed by atoms with Crippen molar-refractivity contribution in [1.29, 1.82) is 0 Å². The van der Waals surface area contributed by atoms with Crippen LogP contribution in [0.15, 0.2) is 36.7 Å². The van der Waals surface area contributed by atoms with Crippen LogP contribution in [0.4, 0.5) is 4.79 Å². The van der Waals surface area contributed by atoms with Crippen LogP contribution >= 0.6 is 0 Å². The number of amides is 2. The van der Waals surface area contributed by atoms with Crippen LogP contribution in [0.2, 0.25) is 0 Å². The van der Waals surface area contributed by atoms with Crippen molar-refractivity contribution in [2.24, 2.45) is 5.73 Å². The maximum absolute atomic E-state index is 12.5. The Morgan fingerprint density at radius 1 is 1.19 bits per heavy atom. The third-order valence-electron chi connectivity index (χ3n) is 4.34. The van der Waals surface area contributed by atoms with Crippen LogP contribution in [0, 0.1) is 0 Å². The van der Waals surface area contributed by atoms with Crippen molar-refractivity contribution in [2.75, 3.05) is 6.54 Å². The van der Waals surface area contributed by atoms with Crippen molar-refractivity contribution in [3.8, 4) is 11.3 Å². The third kappa shape index (κ3) is 4.42. The summed E-state index contributed by atoms with van der Waals surface area (Å²) < 4.78 is 5.52. The molecule has 1 aromatic carbocycles. The van der Waals surface area contributed by atoms with Crippen LogP contribution in [-0.4, -0.2) is 39.0 Å². The van der Waals surface area contributed by atoms with Crippen molar-refractivity contribution in [1.82, 2.24) is 14.9 Å². The number of primary amides is 1. The van der Waals surface area contributed by atoms with Gasteiger partial charge in [0, 0.05) is 17.7 Å². The van der Waals surface area contributed by atoms with Crippen molar-refractivity contribution >= 4 is 12.0 Å². The topological polar surface area (TPSA) is 98.4 Å². The molecule has 1 atom stereocenters. The van der Waals surface area contributed by atoms with Gasteiger partial charge < -0.3 is 10.5 Å². The second kappa shape index (κ2) is 7.34. The van der Waals surface area contributed by atoms with Crippen LogP contribution in [0.3, 0.4) is 0 Å². The molecule has 0 saturated carbocycles. The first kappa shape index (κ1) is 18.8. The molecule has 7 nitrogen and oxygen atoms in total. The van der Waals surface area contributed by atoms with Crippen LogP contribution < -0.4 is 5.73 Å². The van der Waals surface area contributed by atoms with Crippen molar-refractivity contribution in [2.45, 2.75) is 45.3 Å². The zero-order valence-corrected chi connectivity index (χ0v) is 15.8. The molecule has 0 spiro atoms. The average Bonchev–Trinajstić information content (AvgIpc) is 3.10. The summed E-state index contributed by atoms with van der Waals surface area (Å²) in [5.74, 6) is -0.472. The lowest BCUT2D eigenvalue weighted by Gasteiger charge is -2.28. The summed E-state index contributed by atoms with van der Waals surface area (Å²) in [6.07, 6.45) is 4.73. The molecule has 1 saturated heterocycles. The first-order valence-corrected chi connectivity index (χ1v) is 8.96. The number of carbonyl (C=O) groups is 2. The Labute approximate surface area is 158 Å². The van der Waals surface area contributed by atoms with Gasteiger partial charge in [0.15, 0.2) is 0 Å². The van der Waals surface area contributed by atoms with Gasteiger partial charge in [0.05, 0.1) is 29.8 Å². The first-order chi connectivity index (χ1) is 12.7. The molecule has 0 bridgehead atoms. The van der Waals surface area contributed by atoms with Crippen molar-refractivity contribution in [3.05, 3.63) is 47.9 Å². The Morgan fingerprint density at radius 3 is 2.52 bits per heavy atom. The van der Waals surface area contributed by atoms with E-state index in [1.165, 1.54) is 0 Å². The van der Waals surface area contributed by atoms with Crippen molar-refractivity contribution in [3.63, 3.8) is 0 Å². The Morgan fingerprint density at radius 2 is 1.89 bits per heavy atom. The minimum atomic E-state index is -0.542. The minimum absolute atomic E-state index is 0.155. The first-order valence-electron chi connectivity index (χ1n) is 8.96. The van der Waals surface area contributed by atoms with Crippen LogP contribution in [0.25, 0.3) is 11.3 Å². The molecule has 3 rings (SSSR count). The van der Waals surface area contributed by atoms with Gasteiger partial charge in [-0.15, -0.1) is 0 Å². The summed E-state index contributed by atoms with van der Waals surface area (Å²) in [5, 5.41) is 0. The molecule has 1 unspecified atom stereocenters. The summed E-state index contributed by atoms with van der Waals surface area (Å²) in [4.78, 5) is 34.4. The fourth-order valence-electron chi connectivity index (χ4n) is 3.10. The van der Waals surface area contributed by atoms with E-state index in [2.05, 4.69) is 4.98 Å². The van der Waals surface area contributed by atoms with Gasteiger partial charge in [-0.25, -0.2) is 9.78 Å². The van der Waals surface area contributed by atoms with Gasteiger partial charge >= 0.3 is 6.09 Å². The minimum Gasteiger partial charge on any atom is -0.444 e. The largest absolute Gasteiger partial charge is 0.444 e. The van der Waals surface area contributed by atoms with Gasteiger partial charge in [-0.2, -0.15) is 0 Å². The molecule has 1 aromatic heterocycles. The fourth-order valence-corrected chi connectivity index (χ4v) is 3.10. The van der Waals surface area contributed by atoms with E-state index in [4.69, 9.17) is 15.5 Å². The Kier molecular flexibility index (Phi) is 5.12. The molecule has 2 amide bonds. The molecule has 1 fully saturated rings. The number of benzene rings is 1. The van der Waals surface area contributed by atoms with Gasteiger partial charge in [-0.1, -0.05) is 12.1 Å². The normalized spacial score (nSPS) is 17.0. The predicted octanol–water partition coefficient (Wildman–Crippen LogP) is 3.31. The summed E-state index contributed by atoms with van der Waals surface area (Å²) >= 11 is 0. The van der Waals surface area contributed by atoms with Gasteiger partial charge in [0.1, 0.15) is 5.60 Å². The van der Waals surface area contributed by atoms with Gasteiger partial charge in [0.25, 0.3) is 0 Å². The van der Waals surface area contributed by atoms with Crippen LogP contribution in [-0.2, 0) is 4.74 Å². The molecule has 27 heavy (non-hydrogen) atoms. The van der Waals surface area contributed by atoms with Crippen LogP contribution in [0.5, 0.6) is 0 Å². The molecule has 0 radical (unpaired) electrons. The number of nitrogens with zero attached hydrogens (tertiary/aromatic N) is 3. The highest BCUT2D eigenvalue weighted by atomic mass is 16.6. The monoisotopic (exact) mass is 368 g/mol. The molecule has 1 aliphatic rings. The number of hydrogen-bond donors (Lipinski definition) is 1. The zero-order valence-electron chi connectivity index (χ0n) is 15.8. The molecular formula is C20H24N4O3. The summed E-state index contributed by atoms with van der Waals surface area (Å²) in [6, 6.07) is 6.74. The van der Waals surface area contributed by atoms with Gasteiger partial charge in [-0.3, -0.25) is 14.7 Å². The van der Waals surface area contributed by atoms with E-state index < -0.39 is 11.5 Å². The molecule has 142 valence electrons. The van der Waals surface area contributed by atoms with Gasteiger partial charge in [0.2, 0.25) is 5.91 Å². The average molecular weight is 368 g/mol. The number of ether oxygens (including phenoxy) is 1. The lowest BCUT2D eigenvalue weighted by molar-refractivity contribution is 0.0221. The summed E-state index contributed by atoms with van der Waals surface area (Å²) in [6.45, 7) is 6.20. The highest BCUT2D eigenvalue weighted by Gasteiger charge is 2.34. The molecule has 0 aliphatic carbocycles. The number of carbonyl (C=O) groups excluding carboxylic acids is 2. The maximum Gasteiger partial charge on any atom is 0.410 e. The molecule has 2 aromatic rings. The molecule has 1 aliphatic heterocycles. The molecular weight excluding hydrogens is 344 g/mol. The summed E-state index contributed by atoms with van der Waals surface area (Å²) in [5.41, 5.74) is 7.42. The van der Waals surface area contributed by atoms with E-state index in [0.29, 0.717) is 17.8 Å². The van der Waals surface area contributed by atoms with Crippen LogP contribution in [0.1, 0.15) is 55.7 Å². The quantitative estimate of drug-likeness (QED) is 0.896. The molecule has 2 N–H and O–H groups in total. The fraction of sp³-hybridized carbons (Fsp3) is 0.400. The molecule has 2 heterocycles. The Balaban J connectivity index is 1.84. The van der Waals surface area contributed by atoms with E-state index >= 15 is 0 Å². The zero-order chi connectivity index (χ0) is 19.6. The smallest absolute Gasteiger partial charge is 0.410 e. The second-order valence-corrected chi connectivity index (χ2v) is 7.60. The lowest BCUT2D eigenvalue weighted by Crippen LogP contribution is -2.36. The van der Waals surface area contributed by atoms with Gasteiger partial charge in [-0.05, 0) is 45.7 Å². The van der Waals surface area contributed by atoms with E-state index in [9.17, 15) is 9.59 Å². The maximum atomic E-state index is 12.5. The Bertz CT molecular complexity index is 843. The number of hydrogen-bond acceptors (Lipinski definition) is 5. The van der Waals surface area contributed by atoms with E-state index in [0.717, 1.165) is 24.1 Å². The number of likely N-dealkylation sites (tertiary alicyclic amines) is 1. The standard InChI is InChI=1S/C20H24N4O3/c1-20(2,3)27-19(26)24-10-4-5-17(24)16-12-22-11-15(23-16)13-6-8-14(9-7-13)18(21)25/h6-9,11-12,17H,4-5,10H2,1-3H3,(H2,21,25). The van der Waals surface area contributed by atoms with Crippen molar-refractivity contribution < 1.29 is 14.3 Å². The highest BCUT2D eigenvalue weighted by molar-refractivity contribution is 5.93. The Hall–Kier alpha value is -2.96. The summed E-state index contributed by atoms with van der Waals surface area (Å²) in [7, 11) is 0. The number of nitrogens with two attached hydrogens (primary N) is 1. The highest BCUT2D eigenvalue weighted by Crippen LogP contribution is 2.32. The lowest BCUT2D eigenvalue weighted by atomic mass is 10.1.